The van der Waals surface area contributed by atoms with Crippen molar-refractivity contribution in [3.63, 3.8) is 0 Å². The lowest BCUT2D eigenvalue weighted by Gasteiger charge is -2.12. The molecule has 2 nitrogen and oxygen atoms in total. The molecule has 3 rings (SSSR count). The van der Waals surface area contributed by atoms with Gasteiger partial charge in [0.2, 0.25) is 0 Å². The molecule has 1 spiro atoms. The van der Waals surface area contributed by atoms with E-state index in [9.17, 15) is 13.2 Å². The van der Waals surface area contributed by atoms with Gasteiger partial charge in [-0.1, -0.05) is 12.1 Å². The first-order valence-electron chi connectivity index (χ1n) is 5.15. The van der Waals surface area contributed by atoms with E-state index in [1.165, 1.54) is 6.07 Å². The second kappa shape index (κ2) is 2.71. The van der Waals surface area contributed by atoms with E-state index in [1.807, 2.05) is 0 Å². The van der Waals surface area contributed by atoms with Gasteiger partial charge in [0.15, 0.2) is 0 Å². The monoisotopic (exact) mass is 228 g/mol. The summed E-state index contributed by atoms with van der Waals surface area (Å²) in [5, 5.41) is 2.86. The third kappa shape index (κ3) is 1.12. The summed E-state index contributed by atoms with van der Waals surface area (Å²) in [4.78, 5) is 0. The van der Waals surface area contributed by atoms with Crippen molar-refractivity contribution in [3.8, 4) is 0 Å². The molecule has 0 bridgehead atoms. The van der Waals surface area contributed by atoms with Gasteiger partial charge >= 0.3 is 6.18 Å². The fourth-order valence-corrected chi connectivity index (χ4v) is 2.58. The van der Waals surface area contributed by atoms with Crippen molar-refractivity contribution < 1.29 is 13.2 Å². The molecule has 1 aliphatic heterocycles. The lowest BCUT2D eigenvalue weighted by Crippen LogP contribution is -2.20. The Balaban J connectivity index is 2.14. The maximum absolute atomic E-state index is 12.7. The Morgan fingerprint density at radius 3 is 2.62 bits per heavy atom. The topological polar surface area (TPSA) is 38.0 Å². The van der Waals surface area contributed by atoms with Crippen LogP contribution in [0.5, 0.6) is 0 Å². The number of rotatable bonds is 0. The molecule has 0 amide bonds. The van der Waals surface area contributed by atoms with E-state index in [2.05, 4.69) is 5.32 Å². The highest BCUT2D eigenvalue weighted by Crippen LogP contribution is 2.55. The molecule has 1 saturated carbocycles. The molecule has 1 aliphatic carbocycles. The summed E-state index contributed by atoms with van der Waals surface area (Å²) >= 11 is 0. The maximum atomic E-state index is 12.7. The molecule has 0 aromatic heterocycles. The molecular weight excluding hydrogens is 217 g/mol. The van der Waals surface area contributed by atoms with Crippen molar-refractivity contribution in [1.29, 1.82) is 0 Å². The Kier molecular flexibility index (Phi) is 1.69. The van der Waals surface area contributed by atoms with E-state index in [-0.39, 0.29) is 17.1 Å². The second-order valence-corrected chi connectivity index (χ2v) is 4.55. The molecule has 2 unspecified atom stereocenters. The molecule has 2 aliphatic rings. The number of para-hydroxylation sites is 1. The first-order valence-corrected chi connectivity index (χ1v) is 5.15. The van der Waals surface area contributed by atoms with Gasteiger partial charge in [-0.15, -0.1) is 0 Å². The molecule has 1 heterocycles. The first kappa shape index (κ1) is 9.96. The maximum Gasteiger partial charge on any atom is 0.418 e. The van der Waals surface area contributed by atoms with Gasteiger partial charge in [0.05, 0.1) is 11.3 Å². The zero-order valence-electron chi connectivity index (χ0n) is 8.43. The number of nitrogens with two attached hydrogens (primary N) is 1. The quantitative estimate of drug-likeness (QED) is 0.713. The standard InChI is InChI=1S/C11H11F3N2/c12-11(13,14)7-3-1-2-6-9(7)16-5-10(6)4-8(10)15/h1-3,8,16H,4-5,15H2. The molecule has 2 atom stereocenters. The lowest BCUT2D eigenvalue weighted by atomic mass is 9.95. The average molecular weight is 228 g/mol. The number of fused-ring (bicyclic) bond motifs is 2. The third-order valence-corrected chi connectivity index (χ3v) is 3.62. The van der Waals surface area contributed by atoms with Crippen molar-refractivity contribution in [1.82, 2.24) is 0 Å². The predicted molar refractivity (Wildman–Crippen MR) is 54.2 cm³/mol. The number of hydrogen-bond acceptors (Lipinski definition) is 2. The minimum Gasteiger partial charge on any atom is -0.383 e. The summed E-state index contributed by atoms with van der Waals surface area (Å²) < 4.78 is 38.2. The summed E-state index contributed by atoms with van der Waals surface area (Å²) in [6, 6.07) is 4.31. The van der Waals surface area contributed by atoms with Gasteiger partial charge in [-0.2, -0.15) is 13.2 Å². The van der Waals surface area contributed by atoms with Crippen LogP contribution in [0.1, 0.15) is 17.5 Å². The molecular formula is C11H11F3N2. The highest BCUT2D eigenvalue weighted by atomic mass is 19.4. The molecule has 0 radical (unpaired) electrons. The van der Waals surface area contributed by atoms with Crippen LogP contribution in [0, 0.1) is 0 Å². The van der Waals surface area contributed by atoms with Crippen molar-refractivity contribution in [2.75, 3.05) is 11.9 Å². The normalized spacial score (nSPS) is 31.4. The SMILES string of the molecule is NC1CC12CNc1c(C(F)(F)F)cccc12. The van der Waals surface area contributed by atoms with Crippen LogP contribution < -0.4 is 11.1 Å². The summed E-state index contributed by atoms with van der Waals surface area (Å²) in [5.41, 5.74) is 5.95. The zero-order valence-corrected chi connectivity index (χ0v) is 8.43. The zero-order chi connectivity index (χ0) is 11.6. The van der Waals surface area contributed by atoms with Crippen molar-refractivity contribution in [2.24, 2.45) is 5.73 Å². The number of nitrogens with one attached hydrogen (secondary N) is 1. The molecule has 0 saturated heterocycles. The van der Waals surface area contributed by atoms with Gasteiger partial charge in [0, 0.05) is 18.0 Å². The fraction of sp³-hybridized carbons (Fsp3) is 0.455. The number of benzene rings is 1. The van der Waals surface area contributed by atoms with Crippen molar-refractivity contribution >= 4 is 5.69 Å². The second-order valence-electron chi connectivity index (χ2n) is 4.55. The van der Waals surface area contributed by atoms with Gasteiger partial charge in [-0.3, -0.25) is 0 Å². The Morgan fingerprint density at radius 1 is 1.38 bits per heavy atom. The Labute approximate surface area is 90.6 Å². The third-order valence-electron chi connectivity index (χ3n) is 3.62. The minimum atomic E-state index is -4.30. The lowest BCUT2D eigenvalue weighted by molar-refractivity contribution is -0.136. The van der Waals surface area contributed by atoms with Gasteiger partial charge < -0.3 is 11.1 Å². The van der Waals surface area contributed by atoms with Gasteiger partial charge in [-0.05, 0) is 18.1 Å². The fourth-order valence-electron chi connectivity index (χ4n) is 2.58. The summed E-state index contributed by atoms with van der Waals surface area (Å²) in [6.45, 7) is 0.524. The number of hydrogen-bond donors (Lipinski definition) is 2. The molecule has 1 aromatic carbocycles. The van der Waals surface area contributed by atoms with E-state index in [4.69, 9.17) is 5.73 Å². The Bertz CT molecular complexity index is 455. The van der Waals surface area contributed by atoms with E-state index < -0.39 is 11.7 Å². The number of halogens is 3. The van der Waals surface area contributed by atoms with Crippen LogP contribution in [-0.4, -0.2) is 12.6 Å². The van der Waals surface area contributed by atoms with E-state index in [0.29, 0.717) is 6.54 Å². The number of alkyl halides is 3. The molecule has 5 heteroatoms. The molecule has 1 fully saturated rings. The smallest absolute Gasteiger partial charge is 0.383 e. The van der Waals surface area contributed by atoms with Crippen LogP contribution in [0.2, 0.25) is 0 Å². The minimum absolute atomic E-state index is 0.00951. The highest BCUT2D eigenvalue weighted by molar-refractivity contribution is 5.69. The average Bonchev–Trinajstić information content (AvgIpc) is 2.68. The molecule has 16 heavy (non-hydrogen) atoms. The summed E-state index contributed by atoms with van der Waals surface area (Å²) in [6.07, 6.45) is -3.53. The largest absolute Gasteiger partial charge is 0.418 e. The predicted octanol–water partition coefficient (Wildman–Crippen LogP) is 2.10. The summed E-state index contributed by atoms with van der Waals surface area (Å²) in [7, 11) is 0. The van der Waals surface area contributed by atoms with Crippen LogP contribution in [-0.2, 0) is 11.6 Å². The van der Waals surface area contributed by atoms with Crippen LogP contribution in [0.3, 0.4) is 0 Å². The van der Waals surface area contributed by atoms with Crippen LogP contribution >= 0.6 is 0 Å². The van der Waals surface area contributed by atoms with E-state index in [1.54, 1.807) is 6.07 Å². The number of anilines is 1. The van der Waals surface area contributed by atoms with Gasteiger partial charge in [0.1, 0.15) is 0 Å². The first-order chi connectivity index (χ1) is 7.45. The van der Waals surface area contributed by atoms with Gasteiger partial charge in [-0.25, -0.2) is 0 Å². The van der Waals surface area contributed by atoms with E-state index in [0.717, 1.165) is 18.1 Å². The van der Waals surface area contributed by atoms with Gasteiger partial charge in [0.25, 0.3) is 0 Å². The Morgan fingerprint density at radius 2 is 2.06 bits per heavy atom. The molecule has 86 valence electrons. The highest BCUT2D eigenvalue weighted by Gasteiger charge is 2.58. The van der Waals surface area contributed by atoms with Crippen molar-refractivity contribution in [3.05, 3.63) is 29.3 Å². The van der Waals surface area contributed by atoms with Crippen LogP contribution in [0.4, 0.5) is 18.9 Å². The molecule has 1 aromatic rings. The Hall–Kier alpha value is -1.23. The molecule has 3 N–H and O–H groups in total. The summed E-state index contributed by atoms with van der Waals surface area (Å²) in [5.74, 6) is 0. The van der Waals surface area contributed by atoms with Crippen molar-refractivity contribution in [2.45, 2.75) is 24.1 Å². The van der Waals surface area contributed by atoms with E-state index >= 15 is 0 Å². The van der Waals surface area contributed by atoms with Crippen LogP contribution in [0.15, 0.2) is 18.2 Å². The van der Waals surface area contributed by atoms with Crippen LogP contribution in [0.25, 0.3) is 0 Å².